The minimum Gasteiger partial charge on any atom is -0.490 e. The maximum Gasteiger partial charge on any atom is 0.270 e. The number of rotatable bonds is 7. The maximum absolute atomic E-state index is 14.1. The first-order valence-electron chi connectivity index (χ1n) is 10.2. The average molecular weight is 534 g/mol. The molecule has 1 saturated heterocycles. The van der Waals surface area contributed by atoms with Gasteiger partial charge in [-0.2, -0.15) is 0 Å². The molecule has 9 heteroatoms. The van der Waals surface area contributed by atoms with E-state index in [4.69, 9.17) is 44.9 Å². The third-order valence-electron chi connectivity index (χ3n) is 4.86. The van der Waals surface area contributed by atoms with Gasteiger partial charge in [0.2, 0.25) is 0 Å². The second-order valence-electron chi connectivity index (χ2n) is 7.13. The molecule has 3 aromatic rings. The monoisotopic (exact) mass is 533 g/mol. The molecule has 0 saturated carbocycles. The summed E-state index contributed by atoms with van der Waals surface area (Å²) in [5, 5.41) is 0.806. The Hall–Kier alpha value is -2.58. The zero-order chi connectivity index (χ0) is 24.2. The highest BCUT2D eigenvalue weighted by Crippen LogP contribution is 2.38. The lowest BCUT2D eigenvalue weighted by Gasteiger charge is -2.14. The van der Waals surface area contributed by atoms with Crippen LogP contribution in [0.2, 0.25) is 10.0 Å². The van der Waals surface area contributed by atoms with Gasteiger partial charge in [-0.05, 0) is 61.0 Å². The van der Waals surface area contributed by atoms with E-state index in [-0.39, 0.29) is 23.1 Å². The number of anilines is 1. The van der Waals surface area contributed by atoms with Gasteiger partial charge in [0.05, 0.1) is 22.2 Å². The Kier molecular flexibility index (Phi) is 7.78. The molecule has 0 atom stereocenters. The van der Waals surface area contributed by atoms with Crippen molar-refractivity contribution in [2.24, 2.45) is 0 Å². The van der Waals surface area contributed by atoms with Crippen molar-refractivity contribution < 1.29 is 18.7 Å². The van der Waals surface area contributed by atoms with E-state index in [1.807, 2.05) is 6.92 Å². The van der Waals surface area contributed by atoms with E-state index in [1.165, 1.54) is 28.8 Å². The Morgan fingerprint density at radius 2 is 1.85 bits per heavy atom. The van der Waals surface area contributed by atoms with Gasteiger partial charge in [0.25, 0.3) is 5.91 Å². The molecule has 0 bridgehead atoms. The number of carbonyl (C=O) groups excluding carboxylic acids is 1. The van der Waals surface area contributed by atoms with Crippen LogP contribution in [0.1, 0.15) is 18.1 Å². The van der Waals surface area contributed by atoms with Crippen molar-refractivity contribution in [3.63, 3.8) is 0 Å². The number of hydrogen-bond donors (Lipinski definition) is 0. The van der Waals surface area contributed by atoms with Crippen LogP contribution in [0.25, 0.3) is 6.08 Å². The number of hydrogen-bond acceptors (Lipinski definition) is 5. The summed E-state index contributed by atoms with van der Waals surface area (Å²) in [5.41, 5.74) is 1.61. The van der Waals surface area contributed by atoms with E-state index < -0.39 is 5.82 Å². The lowest BCUT2D eigenvalue weighted by Crippen LogP contribution is -2.27. The SMILES string of the molecule is CCOc1cc(/C=C2/SC(=S)N(c3cccc(Cl)c3)C2=O)ccc1OCc1c(F)cccc1Cl. The van der Waals surface area contributed by atoms with Crippen molar-refractivity contribution in [1.82, 2.24) is 0 Å². The first-order chi connectivity index (χ1) is 16.4. The summed E-state index contributed by atoms with van der Waals surface area (Å²) in [6.07, 6.45) is 1.74. The van der Waals surface area contributed by atoms with Gasteiger partial charge in [0.15, 0.2) is 15.8 Å². The topological polar surface area (TPSA) is 38.8 Å². The first kappa shape index (κ1) is 24.5. The number of carbonyl (C=O) groups is 1. The van der Waals surface area contributed by atoms with Gasteiger partial charge in [-0.25, -0.2) is 4.39 Å². The fraction of sp³-hybridized carbons (Fsp3) is 0.120. The van der Waals surface area contributed by atoms with Gasteiger partial charge in [0, 0.05) is 10.6 Å². The summed E-state index contributed by atoms with van der Waals surface area (Å²) in [5.74, 6) is 0.229. The van der Waals surface area contributed by atoms with Crippen LogP contribution in [0.15, 0.2) is 65.6 Å². The van der Waals surface area contributed by atoms with Crippen molar-refractivity contribution in [2.45, 2.75) is 13.5 Å². The molecule has 1 fully saturated rings. The molecule has 4 rings (SSSR count). The lowest BCUT2D eigenvalue weighted by atomic mass is 10.1. The quantitative estimate of drug-likeness (QED) is 0.232. The first-order valence-corrected chi connectivity index (χ1v) is 12.2. The highest BCUT2D eigenvalue weighted by Gasteiger charge is 2.33. The molecule has 1 aliphatic heterocycles. The molecule has 1 heterocycles. The van der Waals surface area contributed by atoms with Crippen LogP contribution in [0.3, 0.4) is 0 Å². The van der Waals surface area contributed by atoms with E-state index >= 15 is 0 Å². The van der Waals surface area contributed by atoms with Crippen LogP contribution < -0.4 is 14.4 Å². The molecular formula is C25H18Cl2FNO3S2. The summed E-state index contributed by atoms with van der Waals surface area (Å²) in [6.45, 7) is 2.20. The molecule has 4 nitrogen and oxygen atoms in total. The Labute approximate surface area is 216 Å². The molecule has 174 valence electrons. The molecule has 0 radical (unpaired) electrons. The molecule has 0 aliphatic carbocycles. The number of amides is 1. The molecule has 3 aromatic carbocycles. The molecule has 34 heavy (non-hydrogen) atoms. The number of halogens is 3. The zero-order valence-electron chi connectivity index (χ0n) is 17.9. The number of thiocarbonyl (C=S) groups is 1. The minimum atomic E-state index is -0.441. The van der Waals surface area contributed by atoms with Crippen LogP contribution in [0, 0.1) is 5.82 Å². The summed E-state index contributed by atoms with van der Waals surface area (Å²) >= 11 is 18.8. The standard InChI is InChI=1S/C25H18Cl2FNO3S2/c1-2-31-22-11-15(9-10-21(22)32-14-18-19(27)7-4-8-20(18)28)12-23-24(30)29(25(33)34-23)17-6-3-5-16(26)13-17/h3-13H,2,14H2,1H3/b23-12+. The maximum atomic E-state index is 14.1. The fourth-order valence-corrected chi connectivity index (χ4v) is 4.98. The van der Waals surface area contributed by atoms with Crippen molar-refractivity contribution in [2.75, 3.05) is 11.5 Å². The van der Waals surface area contributed by atoms with E-state index in [1.54, 1.807) is 54.6 Å². The van der Waals surface area contributed by atoms with E-state index in [0.29, 0.717) is 38.0 Å². The van der Waals surface area contributed by atoms with Gasteiger partial charge >= 0.3 is 0 Å². The van der Waals surface area contributed by atoms with Gasteiger partial charge in [-0.3, -0.25) is 9.69 Å². The van der Waals surface area contributed by atoms with Gasteiger partial charge in [-0.1, -0.05) is 65.4 Å². The molecule has 0 spiro atoms. The smallest absolute Gasteiger partial charge is 0.270 e. The number of thioether (sulfide) groups is 1. The normalized spacial score (nSPS) is 14.7. The Morgan fingerprint density at radius 1 is 1.06 bits per heavy atom. The number of nitrogens with zero attached hydrogens (tertiary/aromatic N) is 1. The zero-order valence-corrected chi connectivity index (χ0v) is 21.0. The third-order valence-corrected chi connectivity index (χ3v) is 6.75. The minimum absolute atomic E-state index is 0.0524. The van der Waals surface area contributed by atoms with E-state index in [0.717, 1.165) is 5.56 Å². The van der Waals surface area contributed by atoms with Crippen molar-refractivity contribution in [1.29, 1.82) is 0 Å². The second kappa shape index (κ2) is 10.8. The summed E-state index contributed by atoms with van der Waals surface area (Å²) in [4.78, 5) is 15.0. The van der Waals surface area contributed by atoms with Crippen LogP contribution in [0.5, 0.6) is 11.5 Å². The predicted octanol–water partition coefficient (Wildman–Crippen LogP) is 7.52. The van der Waals surface area contributed by atoms with Gasteiger partial charge in [-0.15, -0.1) is 0 Å². The molecule has 0 unspecified atom stereocenters. The fourth-order valence-electron chi connectivity index (χ4n) is 3.28. The van der Waals surface area contributed by atoms with Gasteiger partial charge in [0.1, 0.15) is 12.4 Å². The Morgan fingerprint density at radius 3 is 2.59 bits per heavy atom. The van der Waals surface area contributed by atoms with Crippen LogP contribution >= 0.6 is 47.2 Å². The molecular weight excluding hydrogens is 516 g/mol. The molecule has 0 N–H and O–H groups in total. The summed E-state index contributed by atoms with van der Waals surface area (Å²) in [7, 11) is 0. The van der Waals surface area contributed by atoms with Crippen molar-refractivity contribution >= 4 is 69.2 Å². The molecule has 0 aromatic heterocycles. The van der Waals surface area contributed by atoms with Crippen LogP contribution in [-0.2, 0) is 11.4 Å². The average Bonchev–Trinajstić information content (AvgIpc) is 3.07. The van der Waals surface area contributed by atoms with Crippen LogP contribution in [-0.4, -0.2) is 16.8 Å². The Balaban J connectivity index is 1.57. The largest absolute Gasteiger partial charge is 0.490 e. The van der Waals surface area contributed by atoms with Crippen LogP contribution in [0.4, 0.5) is 10.1 Å². The number of benzene rings is 3. The van der Waals surface area contributed by atoms with E-state index in [9.17, 15) is 9.18 Å². The van der Waals surface area contributed by atoms with Gasteiger partial charge < -0.3 is 9.47 Å². The molecule has 1 amide bonds. The highest BCUT2D eigenvalue weighted by atomic mass is 35.5. The highest BCUT2D eigenvalue weighted by molar-refractivity contribution is 8.27. The lowest BCUT2D eigenvalue weighted by molar-refractivity contribution is -0.113. The predicted molar refractivity (Wildman–Crippen MR) is 140 cm³/mol. The second-order valence-corrected chi connectivity index (χ2v) is 9.64. The Bertz CT molecular complexity index is 1280. The molecule has 1 aliphatic rings. The van der Waals surface area contributed by atoms with E-state index in [2.05, 4.69) is 0 Å². The summed E-state index contributed by atoms with van der Waals surface area (Å²) < 4.78 is 26.0. The number of ether oxygens (including phenoxy) is 2. The van der Waals surface area contributed by atoms with Crippen molar-refractivity contribution in [3.8, 4) is 11.5 Å². The van der Waals surface area contributed by atoms with Crippen molar-refractivity contribution in [3.05, 3.63) is 92.6 Å². The summed E-state index contributed by atoms with van der Waals surface area (Å²) in [6, 6.07) is 16.7. The third kappa shape index (κ3) is 5.39.